The summed E-state index contributed by atoms with van der Waals surface area (Å²) in [6.07, 6.45) is 6.71. The van der Waals surface area contributed by atoms with Crippen molar-refractivity contribution in [3.63, 3.8) is 0 Å². The molecule has 7 nitrogen and oxygen atoms in total. The van der Waals surface area contributed by atoms with Crippen LogP contribution in [-0.2, 0) is 17.9 Å². The van der Waals surface area contributed by atoms with E-state index in [4.69, 9.17) is 4.74 Å². The number of para-hydroxylation sites is 1. The van der Waals surface area contributed by atoms with Crippen LogP contribution in [0.1, 0.15) is 37.7 Å². The smallest absolute Gasteiger partial charge is 0.268 e. The molecule has 1 aromatic carbocycles. The Kier molecular flexibility index (Phi) is 6.35. The van der Waals surface area contributed by atoms with Gasteiger partial charge in [0, 0.05) is 44.2 Å². The molecular weight excluding hydrogens is 380 g/mol. The number of benzene rings is 1. The number of hydrogen-bond acceptors (Lipinski definition) is 5. The fourth-order valence-corrected chi connectivity index (χ4v) is 4.12. The van der Waals surface area contributed by atoms with Crippen LogP contribution < -0.4 is 20.5 Å². The maximum atomic E-state index is 12.5. The lowest BCUT2D eigenvalue weighted by atomic mass is 9.94. The van der Waals surface area contributed by atoms with Gasteiger partial charge in [0.25, 0.3) is 5.56 Å². The Hall–Kier alpha value is -2.83. The van der Waals surface area contributed by atoms with Gasteiger partial charge in [-0.25, -0.2) is 4.68 Å². The quantitative estimate of drug-likeness (QED) is 0.724. The van der Waals surface area contributed by atoms with Crippen LogP contribution in [0.4, 0.5) is 5.69 Å². The third-order valence-corrected chi connectivity index (χ3v) is 6.01. The summed E-state index contributed by atoms with van der Waals surface area (Å²) >= 11 is 0. The third-order valence-electron chi connectivity index (χ3n) is 6.01. The molecule has 1 amide bonds. The first-order valence-corrected chi connectivity index (χ1v) is 10.8. The molecule has 7 heteroatoms. The van der Waals surface area contributed by atoms with Gasteiger partial charge in [0.05, 0.1) is 19.0 Å². The number of ether oxygens (including phenoxy) is 1. The first-order valence-electron chi connectivity index (χ1n) is 10.8. The maximum Gasteiger partial charge on any atom is 0.268 e. The number of rotatable bonds is 8. The fourth-order valence-electron chi connectivity index (χ4n) is 4.12. The number of anilines is 1. The van der Waals surface area contributed by atoms with E-state index in [9.17, 15) is 9.59 Å². The first-order chi connectivity index (χ1) is 14.6. The highest BCUT2D eigenvalue weighted by atomic mass is 16.5. The topological polar surface area (TPSA) is 76.5 Å². The monoisotopic (exact) mass is 410 g/mol. The molecule has 2 fully saturated rings. The van der Waals surface area contributed by atoms with E-state index in [1.165, 1.54) is 12.8 Å². The SMILES string of the molecule is COc1ccccc1CNC(=O)CC1CCCN(c2cnn(CC3CC3)c(=O)c2)C1. The van der Waals surface area contributed by atoms with Gasteiger partial charge in [0.1, 0.15) is 5.75 Å². The minimum Gasteiger partial charge on any atom is -0.496 e. The molecule has 1 atom stereocenters. The summed E-state index contributed by atoms with van der Waals surface area (Å²) in [5.41, 5.74) is 1.80. The van der Waals surface area contributed by atoms with Crippen LogP contribution in [0, 0.1) is 11.8 Å². The number of amides is 1. The van der Waals surface area contributed by atoms with Gasteiger partial charge in [-0.3, -0.25) is 9.59 Å². The molecule has 0 spiro atoms. The van der Waals surface area contributed by atoms with E-state index in [1.807, 2.05) is 24.3 Å². The van der Waals surface area contributed by atoms with E-state index in [0.29, 0.717) is 18.9 Å². The Balaban J connectivity index is 1.30. The van der Waals surface area contributed by atoms with E-state index in [-0.39, 0.29) is 17.4 Å². The molecule has 0 bridgehead atoms. The van der Waals surface area contributed by atoms with Gasteiger partial charge in [-0.05, 0) is 43.6 Å². The van der Waals surface area contributed by atoms with Crippen molar-refractivity contribution in [3.05, 3.63) is 52.4 Å². The Morgan fingerprint density at radius 1 is 1.23 bits per heavy atom. The van der Waals surface area contributed by atoms with Crippen LogP contribution in [-0.4, -0.2) is 35.9 Å². The molecule has 4 rings (SSSR count). The normalized spacial score (nSPS) is 18.8. The van der Waals surface area contributed by atoms with Crippen LogP contribution in [0.25, 0.3) is 0 Å². The van der Waals surface area contributed by atoms with Gasteiger partial charge < -0.3 is 15.0 Å². The van der Waals surface area contributed by atoms with Crippen LogP contribution in [0.5, 0.6) is 5.75 Å². The number of aromatic nitrogens is 2. The molecule has 160 valence electrons. The van der Waals surface area contributed by atoms with Gasteiger partial charge in [-0.15, -0.1) is 0 Å². The molecule has 30 heavy (non-hydrogen) atoms. The maximum absolute atomic E-state index is 12.5. The Labute approximate surface area is 177 Å². The highest BCUT2D eigenvalue weighted by molar-refractivity contribution is 5.76. The Bertz CT molecular complexity index is 938. The van der Waals surface area contributed by atoms with Gasteiger partial charge in [-0.2, -0.15) is 5.10 Å². The molecule has 1 unspecified atom stereocenters. The highest BCUT2D eigenvalue weighted by Crippen LogP contribution is 2.30. The zero-order valence-corrected chi connectivity index (χ0v) is 17.5. The molecule has 1 saturated carbocycles. The van der Waals surface area contributed by atoms with E-state index >= 15 is 0 Å². The van der Waals surface area contributed by atoms with Crippen LogP contribution >= 0.6 is 0 Å². The lowest BCUT2D eigenvalue weighted by molar-refractivity contribution is -0.122. The van der Waals surface area contributed by atoms with Crippen molar-refractivity contribution in [1.29, 1.82) is 0 Å². The van der Waals surface area contributed by atoms with Crippen molar-refractivity contribution in [2.45, 2.75) is 45.2 Å². The van der Waals surface area contributed by atoms with Crippen molar-refractivity contribution in [3.8, 4) is 5.75 Å². The van der Waals surface area contributed by atoms with Crippen molar-refractivity contribution >= 4 is 11.6 Å². The summed E-state index contributed by atoms with van der Waals surface area (Å²) in [7, 11) is 1.64. The van der Waals surface area contributed by atoms with Crippen molar-refractivity contribution in [2.75, 3.05) is 25.1 Å². The zero-order chi connectivity index (χ0) is 20.9. The highest BCUT2D eigenvalue weighted by Gasteiger charge is 2.25. The summed E-state index contributed by atoms with van der Waals surface area (Å²) in [5, 5.41) is 7.38. The summed E-state index contributed by atoms with van der Waals surface area (Å²) in [5.74, 6) is 1.72. The minimum atomic E-state index is -0.0314. The molecule has 0 radical (unpaired) electrons. The average Bonchev–Trinajstić information content (AvgIpc) is 3.58. The summed E-state index contributed by atoms with van der Waals surface area (Å²) in [6.45, 7) is 2.86. The predicted octanol–water partition coefficient (Wildman–Crippen LogP) is 2.58. The standard InChI is InChI=1S/C23H30N4O3/c1-30-21-7-3-2-6-19(21)13-24-22(28)11-18-5-4-10-26(15-18)20-12-23(29)27(25-14-20)16-17-8-9-17/h2-3,6-7,12,14,17-18H,4-5,8-11,13,15-16H2,1H3,(H,24,28). The molecule has 2 aliphatic rings. The number of nitrogens with one attached hydrogen (secondary N) is 1. The number of carbonyl (C=O) groups is 1. The largest absolute Gasteiger partial charge is 0.496 e. The lowest BCUT2D eigenvalue weighted by Crippen LogP contribution is -2.38. The van der Waals surface area contributed by atoms with Crippen molar-refractivity contribution < 1.29 is 9.53 Å². The van der Waals surface area contributed by atoms with Crippen molar-refractivity contribution in [1.82, 2.24) is 15.1 Å². The Morgan fingerprint density at radius 3 is 2.83 bits per heavy atom. The predicted molar refractivity (Wildman–Crippen MR) is 116 cm³/mol. The third kappa shape index (κ3) is 5.20. The molecule has 2 heterocycles. The van der Waals surface area contributed by atoms with Crippen LogP contribution in [0.3, 0.4) is 0 Å². The summed E-state index contributed by atoms with van der Waals surface area (Å²) < 4.78 is 6.92. The number of piperidine rings is 1. The van der Waals surface area contributed by atoms with Crippen molar-refractivity contribution in [2.24, 2.45) is 11.8 Å². The summed E-state index contributed by atoms with van der Waals surface area (Å²) in [4.78, 5) is 27.1. The zero-order valence-electron chi connectivity index (χ0n) is 17.5. The second kappa shape index (κ2) is 9.32. The van der Waals surface area contributed by atoms with Crippen LogP contribution in [0.2, 0.25) is 0 Å². The van der Waals surface area contributed by atoms with E-state index in [1.54, 1.807) is 24.1 Å². The minimum absolute atomic E-state index is 0.0314. The van der Waals surface area contributed by atoms with Gasteiger partial charge in [0.15, 0.2) is 0 Å². The molecular formula is C23H30N4O3. The molecule has 1 N–H and O–H groups in total. The summed E-state index contributed by atoms with van der Waals surface area (Å²) in [6, 6.07) is 9.40. The molecule has 1 saturated heterocycles. The van der Waals surface area contributed by atoms with Gasteiger partial charge >= 0.3 is 0 Å². The number of hydrogen-bond donors (Lipinski definition) is 1. The number of carbonyl (C=O) groups excluding carboxylic acids is 1. The van der Waals surface area contributed by atoms with Gasteiger partial charge in [-0.1, -0.05) is 18.2 Å². The van der Waals surface area contributed by atoms with E-state index < -0.39 is 0 Å². The van der Waals surface area contributed by atoms with Crippen LogP contribution in [0.15, 0.2) is 41.3 Å². The molecule has 1 aliphatic carbocycles. The molecule has 1 aliphatic heterocycles. The number of nitrogens with zero attached hydrogens (tertiary/aromatic N) is 3. The number of methoxy groups -OCH3 is 1. The average molecular weight is 411 g/mol. The Morgan fingerprint density at radius 2 is 2.07 bits per heavy atom. The second-order valence-corrected chi connectivity index (χ2v) is 8.42. The lowest BCUT2D eigenvalue weighted by Gasteiger charge is -2.34. The fraction of sp³-hybridized carbons (Fsp3) is 0.522. The molecule has 1 aromatic heterocycles. The van der Waals surface area contributed by atoms with Gasteiger partial charge in [0.2, 0.25) is 5.91 Å². The molecule has 2 aromatic rings. The van der Waals surface area contributed by atoms with E-state index in [2.05, 4.69) is 15.3 Å². The second-order valence-electron chi connectivity index (χ2n) is 8.42. The van der Waals surface area contributed by atoms with E-state index in [0.717, 1.165) is 49.5 Å². The first kappa shape index (κ1) is 20.4.